The molecule has 0 aromatic heterocycles. The number of piperazine rings is 1. The molecule has 2 aromatic carbocycles. The normalized spacial score (nSPS) is 20.8. The van der Waals surface area contributed by atoms with Gasteiger partial charge in [0.05, 0.1) is 24.4 Å². The fraction of sp³-hybridized carbons (Fsp3) is 0.458. The largest absolute Gasteiger partial charge is 0.493 e. The predicted octanol–water partition coefficient (Wildman–Crippen LogP) is 2.67. The second kappa shape index (κ2) is 8.43. The SMILES string of the molecule is COc1cc2cc3c(cc2cc1OCN1CCN(C(C)=O)CC1)N=CC1CCCN1C3=O. The number of hydrogen-bond donors (Lipinski definition) is 0. The van der Waals surface area contributed by atoms with Crippen LogP contribution in [0.3, 0.4) is 0 Å². The van der Waals surface area contributed by atoms with Gasteiger partial charge in [-0.3, -0.25) is 19.5 Å². The smallest absolute Gasteiger partial charge is 0.256 e. The number of nitrogens with zero attached hydrogens (tertiary/aromatic N) is 4. The summed E-state index contributed by atoms with van der Waals surface area (Å²) < 4.78 is 11.7. The van der Waals surface area contributed by atoms with Crippen LogP contribution in [0.1, 0.15) is 30.1 Å². The fourth-order valence-corrected chi connectivity index (χ4v) is 4.72. The van der Waals surface area contributed by atoms with Gasteiger partial charge >= 0.3 is 0 Å². The van der Waals surface area contributed by atoms with E-state index >= 15 is 0 Å². The van der Waals surface area contributed by atoms with Gasteiger partial charge in [-0.15, -0.1) is 0 Å². The van der Waals surface area contributed by atoms with Crippen LogP contribution < -0.4 is 9.47 Å². The first-order valence-corrected chi connectivity index (χ1v) is 11.1. The van der Waals surface area contributed by atoms with Gasteiger partial charge in [-0.05, 0) is 47.9 Å². The van der Waals surface area contributed by atoms with Gasteiger partial charge in [0.15, 0.2) is 11.5 Å². The number of aliphatic imine (C=N–C) groups is 1. The van der Waals surface area contributed by atoms with Gasteiger partial charge in [-0.25, -0.2) is 0 Å². The molecule has 0 radical (unpaired) electrons. The van der Waals surface area contributed by atoms with Crippen LogP contribution in [0.4, 0.5) is 5.69 Å². The van der Waals surface area contributed by atoms with E-state index in [4.69, 9.17) is 9.47 Å². The molecule has 8 heteroatoms. The van der Waals surface area contributed by atoms with Crippen LogP contribution in [0.2, 0.25) is 0 Å². The molecule has 8 nitrogen and oxygen atoms in total. The van der Waals surface area contributed by atoms with E-state index < -0.39 is 0 Å². The number of hydrogen-bond acceptors (Lipinski definition) is 6. The Hall–Kier alpha value is -3.13. The van der Waals surface area contributed by atoms with Crippen molar-refractivity contribution >= 4 is 34.5 Å². The summed E-state index contributed by atoms with van der Waals surface area (Å²) in [4.78, 5) is 35.2. The molecule has 1 unspecified atom stereocenters. The van der Waals surface area contributed by atoms with E-state index in [0.717, 1.165) is 43.2 Å². The predicted molar refractivity (Wildman–Crippen MR) is 122 cm³/mol. The number of ether oxygens (including phenoxy) is 2. The van der Waals surface area contributed by atoms with Crippen molar-refractivity contribution in [3.63, 3.8) is 0 Å². The third-order valence-corrected chi connectivity index (χ3v) is 6.63. The van der Waals surface area contributed by atoms with Gasteiger partial charge in [0, 0.05) is 45.9 Å². The minimum absolute atomic E-state index is 0.0471. The van der Waals surface area contributed by atoms with Gasteiger partial charge in [0.1, 0.15) is 6.73 Å². The van der Waals surface area contributed by atoms with E-state index in [1.807, 2.05) is 40.3 Å². The van der Waals surface area contributed by atoms with Gasteiger partial charge in [-0.2, -0.15) is 0 Å². The van der Waals surface area contributed by atoms with Crippen molar-refractivity contribution < 1.29 is 19.1 Å². The van der Waals surface area contributed by atoms with Crippen molar-refractivity contribution in [3.8, 4) is 11.5 Å². The molecule has 5 rings (SSSR count). The van der Waals surface area contributed by atoms with Gasteiger partial charge in [-0.1, -0.05) is 0 Å². The van der Waals surface area contributed by atoms with E-state index in [1.165, 1.54) is 0 Å². The molecule has 2 amide bonds. The summed E-state index contributed by atoms with van der Waals surface area (Å²) in [6, 6.07) is 7.83. The molecule has 2 aromatic rings. The molecule has 0 bridgehead atoms. The zero-order valence-electron chi connectivity index (χ0n) is 18.5. The molecule has 0 aliphatic carbocycles. The van der Waals surface area contributed by atoms with Crippen LogP contribution in [0.25, 0.3) is 10.8 Å². The van der Waals surface area contributed by atoms with Crippen molar-refractivity contribution in [2.75, 3.05) is 46.6 Å². The van der Waals surface area contributed by atoms with Crippen LogP contribution in [-0.4, -0.2) is 85.3 Å². The number of methoxy groups -OCH3 is 1. The quantitative estimate of drug-likeness (QED) is 0.737. The third-order valence-electron chi connectivity index (χ3n) is 6.63. The molecule has 2 saturated heterocycles. The van der Waals surface area contributed by atoms with E-state index in [-0.39, 0.29) is 17.9 Å². The maximum Gasteiger partial charge on any atom is 0.256 e. The number of amides is 2. The summed E-state index contributed by atoms with van der Waals surface area (Å²) in [6.45, 7) is 5.78. The van der Waals surface area contributed by atoms with E-state index in [0.29, 0.717) is 42.6 Å². The van der Waals surface area contributed by atoms with Crippen molar-refractivity contribution in [1.29, 1.82) is 0 Å². The van der Waals surface area contributed by atoms with Crippen LogP contribution in [-0.2, 0) is 4.79 Å². The number of benzene rings is 2. The highest BCUT2D eigenvalue weighted by Crippen LogP contribution is 2.37. The Kier molecular flexibility index (Phi) is 5.46. The Labute approximate surface area is 187 Å². The summed E-state index contributed by atoms with van der Waals surface area (Å²) >= 11 is 0. The average molecular weight is 437 g/mol. The molecule has 32 heavy (non-hydrogen) atoms. The van der Waals surface area contributed by atoms with E-state index in [1.54, 1.807) is 14.0 Å². The minimum atomic E-state index is 0.0471. The molecular formula is C24H28N4O4. The maximum atomic E-state index is 13.1. The van der Waals surface area contributed by atoms with Crippen LogP contribution in [0.5, 0.6) is 11.5 Å². The van der Waals surface area contributed by atoms with Crippen molar-refractivity contribution in [2.24, 2.45) is 4.99 Å². The Bertz CT molecular complexity index is 1090. The van der Waals surface area contributed by atoms with E-state index in [2.05, 4.69) is 9.89 Å². The topological polar surface area (TPSA) is 74.7 Å². The second-order valence-corrected chi connectivity index (χ2v) is 8.60. The summed E-state index contributed by atoms with van der Waals surface area (Å²) in [5.74, 6) is 1.44. The Morgan fingerprint density at radius 3 is 2.56 bits per heavy atom. The molecule has 1 atom stereocenters. The monoisotopic (exact) mass is 436 g/mol. The van der Waals surface area contributed by atoms with Crippen molar-refractivity contribution in [2.45, 2.75) is 25.8 Å². The number of rotatable bonds is 4. The van der Waals surface area contributed by atoms with Crippen molar-refractivity contribution in [1.82, 2.24) is 14.7 Å². The van der Waals surface area contributed by atoms with E-state index in [9.17, 15) is 9.59 Å². The maximum absolute atomic E-state index is 13.1. The standard InChI is InChI=1S/C24H28N4O4/c1-16(29)27-8-6-26(7-9-27)15-32-23-13-18-11-21-20(10-17(18)12-22(23)31-2)24(30)28-5-3-4-19(28)14-25-21/h10-14,19H,3-9,15H2,1-2H3. The highest BCUT2D eigenvalue weighted by atomic mass is 16.5. The lowest BCUT2D eigenvalue weighted by molar-refractivity contribution is -0.131. The lowest BCUT2D eigenvalue weighted by Gasteiger charge is -2.33. The Morgan fingerprint density at radius 2 is 1.81 bits per heavy atom. The van der Waals surface area contributed by atoms with Crippen molar-refractivity contribution in [3.05, 3.63) is 29.8 Å². The summed E-state index contributed by atoms with van der Waals surface area (Å²) in [7, 11) is 1.62. The minimum Gasteiger partial charge on any atom is -0.493 e. The zero-order valence-corrected chi connectivity index (χ0v) is 18.5. The summed E-state index contributed by atoms with van der Waals surface area (Å²) in [6.07, 6.45) is 3.89. The number of carbonyl (C=O) groups excluding carboxylic acids is 2. The molecule has 3 aliphatic heterocycles. The lowest BCUT2D eigenvalue weighted by Crippen LogP contribution is -2.48. The Morgan fingerprint density at radius 1 is 1.06 bits per heavy atom. The first-order chi connectivity index (χ1) is 15.5. The molecule has 0 saturated carbocycles. The average Bonchev–Trinajstić information content (AvgIpc) is 3.24. The summed E-state index contributed by atoms with van der Waals surface area (Å²) in [5.41, 5.74) is 1.34. The molecule has 3 heterocycles. The first kappa shape index (κ1) is 20.8. The highest BCUT2D eigenvalue weighted by Gasteiger charge is 2.32. The Balaban J connectivity index is 1.39. The molecule has 3 aliphatic rings. The molecule has 168 valence electrons. The third kappa shape index (κ3) is 3.79. The molecule has 2 fully saturated rings. The number of fused-ring (bicyclic) bond motifs is 3. The molecule has 0 N–H and O–H groups in total. The molecular weight excluding hydrogens is 408 g/mol. The summed E-state index contributed by atoms with van der Waals surface area (Å²) in [5, 5.41) is 1.87. The molecule has 0 spiro atoms. The van der Waals surface area contributed by atoms with Gasteiger partial charge in [0.25, 0.3) is 5.91 Å². The first-order valence-electron chi connectivity index (χ1n) is 11.1. The fourth-order valence-electron chi connectivity index (χ4n) is 4.72. The zero-order chi connectivity index (χ0) is 22.2. The van der Waals surface area contributed by atoms with Gasteiger partial charge < -0.3 is 19.3 Å². The van der Waals surface area contributed by atoms with Gasteiger partial charge in [0.2, 0.25) is 5.91 Å². The number of carbonyl (C=O) groups is 2. The van der Waals surface area contributed by atoms with Crippen LogP contribution in [0.15, 0.2) is 29.3 Å². The lowest BCUT2D eigenvalue weighted by atomic mass is 10.0. The highest BCUT2D eigenvalue weighted by molar-refractivity contribution is 6.07. The van der Waals surface area contributed by atoms with Crippen LogP contribution in [0, 0.1) is 0 Å². The van der Waals surface area contributed by atoms with Crippen LogP contribution >= 0.6 is 0 Å². The second-order valence-electron chi connectivity index (χ2n) is 8.60.